The molecule has 0 radical (unpaired) electrons. The van der Waals surface area contributed by atoms with Crippen molar-refractivity contribution in [3.63, 3.8) is 0 Å². The minimum absolute atomic E-state index is 0.0805. The fourth-order valence-corrected chi connectivity index (χ4v) is 9.57. The Morgan fingerprint density at radius 3 is 2.58 bits per heavy atom. The lowest BCUT2D eigenvalue weighted by molar-refractivity contribution is 0.362. The van der Waals surface area contributed by atoms with Gasteiger partial charge in [-0.1, -0.05) is 86.0 Å². The molecule has 1 aliphatic carbocycles. The number of hydrogen-bond donors (Lipinski definition) is 0. The van der Waals surface area contributed by atoms with Crippen LogP contribution in [0.5, 0.6) is 5.75 Å². The Hall–Kier alpha value is -8.93. The Balaban J connectivity index is 1.05. The number of para-hydroxylation sites is 1. The molecule has 3 aliphatic heterocycles. The van der Waals surface area contributed by atoms with Crippen LogP contribution in [0.25, 0.3) is 66.5 Å². The van der Waals surface area contributed by atoms with Crippen molar-refractivity contribution in [2.24, 2.45) is 9.98 Å². The van der Waals surface area contributed by atoms with Gasteiger partial charge in [0.1, 0.15) is 23.6 Å². The van der Waals surface area contributed by atoms with Crippen LogP contribution in [0, 0.1) is 0 Å². The maximum absolute atomic E-state index is 6.16. The normalized spacial score (nSPS) is 17.8. The number of fused-ring (bicyclic) bond motifs is 7. The lowest BCUT2D eigenvalue weighted by atomic mass is 9.92. The van der Waals surface area contributed by atoms with E-state index in [9.17, 15) is 0 Å². The van der Waals surface area contributed by atoms with E-state index in [-0.39, 0.29) is 5.92 Å². The predicted octanol–water partition coefficient (Wildman–Crippen LogP) is 13.4. The molecule has 1 atom stereocenters. The summed E-state index contributed by atoms with van der Waals surface area (Å²) in [4.78, 5) is 25.0. The number of aliphatic imine (C=N–C) groups is 2. The van der Waals surface area contributed by atoms with Gasteiger partial charge >= 0.3 is 0 Å². The van der Waals surface area contributed by atoms with Crippen LogP contribution in [-0.2, 0) is 0 Å². The zero-order valence-corrected chi connectivity index (χ0v) is 36.6. The smallest absolute Gasteiger partial charge is 0.127 e. The van der Waals surface area contributed by atoms with Gasteiger partial charge in [-0.15, -0.1) is 5.73 Å². The number of ether oxygens (including phenoxy) is 1. The second-order valence-electron chi connectivity index (χ2n) is 16.9. The SMILES string of the molecule is C=C1/C=C(n2c3ccncc3c3cc(-n4c5c(c6nc(C7=CC(C8=CC=CC=C=C8)=C=CN=C7)ccc64)N=C(c4cncc(-c6ccccc6)c4)CC5C)ccc32)\C=C/COc2ccccc21. The standard InChI is InChI=1S/C59H41N7O/c1-38-29-46(17-12-28-67-56-19-11-10-18-48(38)56)65-53-22-20-47(33-49(53)50-37-61-27-25-54(50)65)66-55-23-21-51(44-31-42(24-26-60-35-44)40-13-6-3-4-7-14-40)63-57(55)58-59(66)39(2)30-52(64-58)45-32-43(34-62-36-45)41-15-8-5-9-16-41/h3-6,8-23,25-27,29,31-37,39H,1,28,30H2,2H3/b17-12-,46-29+. The second kappa shape index (κ2) is 16.6. The van der Waals surface area contributed by atoms with Crippen molar-refractivity contribution in [1.82, 2.24) is 24.1 Å². The highest BCUT2D eigenvalue weighted by molar-refractivity contribution is 6.13. The molecule has 0 saturated heterocycles. The molecule has 0 N–H and O–H groups in total. The molecule has 8 heterocycles. The fraction of sp³-hybridized carbons (Fsp3) is 0.0678. The van der Waals surface area contributed by atoms with Crippen LogP contribution < -0.4 is 4.74 Å². The highest BCUT2D eigenvalue weighted by Gasteiger charge is 2.30. The van der Waals surface area contributed by atoms with Gasteiger partial charge in [-0.3, -0.25) is 15.0 Å². The van der Waals surface area contributed by atoms with Crippen molar-refractivity contribution in [3.8, 4) is 22.6 Å². The molecular weight excluding hydrogens is 823 g/mol. The summed E-state index contributed by atoms with van der Waals surface area (Å²) >= 11 is 0. The summed E-state index contributed by atoms with van der Waals surface area (Å²) in [5, 5.41) is 2.12. The van der Waals surface area contributed by atoms with Crippen molar-refractivity contribution < 1.29 is 4.74 Å². The van der Waals surface area contributed by atoms with Crippen LogP contribution in [-0.4, -0.2) is 42.6 Å². The highest BCUT2D eigenvalue weighted by Crippen LogP contribution is 2.46. The summed E-state index contributed by atoms with van der Waals surface area (Å²) < 4.78 is 10.8. The van der Waals surface area contributed by atoms with Gasteiger partial charge in [-0.05, 0) is 108 Å². The van der Waals surface area contributed by atoms with Crippen molar-refractivity contribution in [2.75, 3.05) is 6.61 Å². The molecule has 1 unspecified atom stereocenters. The van der Waals surface area contributed by atoms with Crippen molar-refractivity contribution in [1.29, 1.82) is 0 Å². The average molecular weight is 864 g/mol. The van der Waals surface area contributed by atoms with E-state index in [4.69, 9.17) is 19.7 Å². The Morgan fingerprint density at radius 1 is 0.776 bits per heavy atom. The third-order valence-corrected chi connectivity index (χ3v) is 12.7. The molecule has 0 amide bonds. The molecule has 12 rings (SSSR count). The molecule has 8 aromatic rings. The van der Waals surface area contributed by atoms with Crippen LogP contribution >= 0.6 is 0 Å². The van der Waals surface area contributed by atoms with E-state index in [1.54, 1.807) is 6.20 Å². The molecule has 0 bridgehead atoms. The van der Waals surface area contributed by atoms with Crippen molar-refractivity contribution in [3.05, 3.63) is 234 Å². The molecule has 8 heteroatoms. The van der Waals surface area contributed by atoms with E-state index in [0.717, 1.165) is 124 Å². The molecule has 4 aliphatic rings. The maximum atomic E-state index is 6.16. The number of nitrogens with zero attached hydrogens (tertiary/aromatic N) is 7. The summed E-state index contributed by atoms with van der Waals surface area (Å²) in [7, 11) is 0. The van der Waals surface area contributed by atoms with Crippen LogP contribution in [0.4, 0.5) is 5.69 Å². The number of allylic oxidation sites excluding steroid dienone is 12. The molecule has 5 aromatic heterocycles. The molecule has 0 saturated carbocycles. The molecule has 0 spiro atoms. The Labute approximate surface area is 387 Å². The Kier molecular flexibility index (Phi) is 9.80. The van der Waals surface area contributed by atoms with Crippen LogP contribution in [0.2, 0.25) is 0 Å². The molecule has 8 nitrogen and oxygen atoms in total. The number of pyridine rings is 3. The van der Waals surface area contributed by atoms with Crippen LogP contribution in [0.15, 0.2) is 222 Å². The van der Waals surface area contributed by atoms with Gasteiger partial charge < -0.3 is 13.9 Å². The zero-order valence-electron chi connectivity index (χ0n) is 36.6. The quantitative estimate of drug-likeness (QED) is 0.156. The molecule has 3 aromatic carbocycles. The van der Waals surface area contributed by atoms with E-state index >= 15 is 0 Å². The molecular formula is C59H41N7O. The number of aromatic nitrogens is 5. The first kappa shape index (κ1) is 39.6. The van der Waals surface area contributed by atoms with E-state index in [0.29, 0.717) is 6.61 Å². The van der Waals surface area contributed by atoms with Gasteiger partial charge in [0, 0.05) is 86.9 Å². The first-order valence-corrected chi connectivity index (χ1v) is 22.4. The summed E-state index contributed by atoms with van der Waals surface area (Å²) in [6.07, 6.45) is 30.2. The average Bonchev–Trinajstić information content (AvgIpc) is 3.58. The van der Waals surface area contributed by atoms with Gasteiger partial charge in [0.2, 0.25) is 0 Å². The zero-order chi connectivity index (χ0) is 44.8. The van der Waals surface area contributed by atoms with Crippen molar-refractivity contribution >= 4 is 67.3 Å². The number of benzene rings is 3. The van der Waals surface area contributed by atoms with E-state index in [2.05, 4.69) is 147 Å². The summed E-state index contributed by atoms with van der Waals surface area (Å²) in [6, 6.07) is 33.7. The van der Waals surface area contributed by atoms with Gasteiger partial charge in [-0.25, -0.2) is 9.98 Å². The van der Waals surface area contributed by atoms with E-state index < -0.39 is 0 Å². The van der Waals surface area contributed by atoms with Gasteiger partial charge in [0.25, 0.3) is 0 Å². The fourth-order valence-electron chi connectivity index (χ4n) is 9.57. The lowest BCUT2D eigenvalue weighted by Gasteiger charge is -2.22. The molecule has 0 fully saturated rings. The van der Waals surface area contributed by atoms with Gasteiger partial charge in [-0.2, -0.15) is 0 Å². The third-order valence-electron chi connectivity index (χ3n) is 12.7. The minimum atomic E-state index is 0.0805. The summed E-state index contributed by atoms with van der Waals surface area (Å²) in [6.45, 7) is 7.22. The Morgan fingerprint density at radius 2 is 1.64 bits per heavy atom. The number of hydrogen-bond acceptors (Lipinski definition) is 6. The Bertz CT molecular complexity index is 3770. The minimum Gasteiger partial charge on any atom is -0.489 e. The summed E-state index contributed by atoms with van der Waals surface area (Å²) in [5.74, 6) is 0.896. The number of rotatable bonds is 6. The molecule has 67 heavy (non-hydrogen) atoms. The largest absolute Gasteiger partial charge is 0.489 e. The maximum Gasteiger partial charge on any atom is 0.127 e. The first-order valence-electron chi connectivity index (χ1n) is 22.4. The monoisotopic (exact) mass is 863 g/mol. The third kappa shape index (κ3) is 7.11. The predicted molar refractivity (Wildman–Crippen MR) is 273 cm³/mol. The topological polar surface area (TPSA) is 82.5 Å². The van der Waals surface area contributed by atoms with Gasteiger partial charge in [0.05, 0.1) is 39.8 Å². The van der Waals surface area contributed by atoms with E-state index in [1.807, 2.05) is 79.6 Å². The van der Waals surface area contributed by atoms with Crippen LogP contribution in [0.3, 0.4) is 0 Å². The highest BCUT2D eigenvalue weighted by atomic mass is 16.5. The second-order valence-corrected chi connectivity index (χ2v) is 16.9. The summed E-state index contributed by atoms with van der Waals surface area (Å²) in [5.41, 5.74) is 23.9. The van der Waals surface area contributed by atoms with Crippen LogP contribution in [0.1, 0.15) is 41.8 Å². The van der Waals surface area contributed by atoms with E-state index in [1.165, 1.54) is 0 Å². The lowest BCUT2D eigenvalue weighted by Crippen LogP contribution is -2.14. The first-order chi connectivity index (χ1) is 33.1. The van der Waals surface area contributed by atoms with Crippen molar-refractivity contribution in [2.45, 2.75) is 19.3 Å². The molecule has 318 valence electrons. The van der Waals surface area contributed by atoms with Gasteiger partial charge in [0.15, 0.2) is 0 Å².